The number of rotatable bonds is 5. The average Bonchev–Trinajstić information content (AvgIpc) is 2.94. The molecule has 1 unspecified atom stereocenters. The smallest absolute Gasteiger partial charge is 0.123 e. The van der Waals surface area contributed by atoms with Gasteiger partial charge in [0.15, 0.2) is 0 Å². The van der Waals surface area contributed by atoms with Crippen LogP contribution in [-0.4, -0.2) is 14.2 Å². The first-order chi connectivity index (χ1) is 9.19. The van der Waals surface area contributed by atoms with Gasteiger partial charge in [-0.3, -0.25) is 0 Å². The molecule has 0 saturated heterocycles. The molecule has 0 radical (unpaired) electrons. The summed E-state index contributed by atoms with van der Waals surface area (Å²) in [7, 11) is 3.31. The summed E-state index contributed by atoms with van der Waals surface area (Å²) in [4.78, 5) is -0.0575. The van der Waals surface area contributed by atoms with Gasteiger partial charge in [-0.2, -0.15) is 0 Å². The van der Waals surface area contributed by atoms with E-state index in [4.69, 9.17) is 13.9 Å². The molecular formula is C15H17BrO3. The van der Waals surface area contributed by atoms with Gasteiger partial charge in [-0.05, 0) is 30.3 Å². The number of methoxy groups -OCH3 is 2. The Morgan fingerprint density at radius 1 is 1.16 bits per heavy atom. The van der Waals surface area contributed by atoms with Crippen molar-refractivity contribution in [3.8, 4) is 11.5 Å². The molecule has 0 bridgehead atoms. The van der Waals surface area contributed by atoms with Crippen LogP contribution in [0.4, 0.5) is 0 Å². The van der Waals surface area contributed by atoms with Crippen molar-refractivity contribution in [2.45, 2.75) is 18.2 Å². The number of hydrogen-bond donors (Lipinski definition) is 0. The van der Waals surface area contributed by atoms with Gasteiger partial charge in [0.2, 0.25) is 0 Å². The van der Waals surface area contributed by atoms with E-state index >= 15 is 0 Å². The van der Waals surface area contributed by atoms with Crippen molar-refractivity contribution in [1.29, 1.82) is 0 Å². The lowest BCUT2D eigenvalue weighted by molar-refractivity contribution is 0.397. The Morgan fingerprint density at radius 2 is 1.95 bits per heavy atom. The monoisotopic (exact) mass is 324 g/mol. The number of aryl methyl sites for hydroxylation is 1. The zero-order chi connectivity index (χ0) is 13.8. The minimum Gasteiger partial charge on any atom is -0.497 e. The first-order valence-electron chi connectivity index (χ1n) is 6.14. The van der Waals surface area contributed by atoms with E-state index in [-0.39, 0.29) is 4.83 Å². The lowest BCUT2D eigenvalue weighted by Gasteiger charge is -2.14. The zero-order valence-corrected chi connectivity index (χ0v) is 12.9. The van der Waals surface area contributed by atoms with Gasteiger partial charge in [-0.1, -0.05) is 22.9 Å². The van der Waals surface area contributed by atoms with Gasteiger partial charge in [0.25, 0.3) is 0 Å². The fraction of sp³-hybridized carbons (Fsp3) is 0.333. The SMILES string of the molecule is CCc1ccc(C(Br)c2cc(OC)ccc2OC)o1. The summed E-state index contributed by atoms with van der Waals surface area (Å²) in [5, 5.41) is 0. The van der Waals surface area contributed by atoms with Crippen molar-refractivity contribution in [1.82, 2.24) is 0 Å². The first-order valence-corrected chi connectivity index (χ1v) is 7.05. The van der Waals surface area contributed by atoms with Crippen LogP contribution in [0.15, 0.2) is 34.7 Å². The van der Waals surface area contributed by atoms with Crippen LogP contribution >= 0.6 is 15.9 Å². The predicted molar refractivity (Wildman–Crippen MR) is 78.4 cm³/mol. The van der Waals surface area contributed by atoms with Gasteiger partial charge in [0.1, 0.15) is 27.8 Å². The number of benzene rings is 1. The summed E-state index contributed by atoms with van der Waals surface area (Å²) in [6.07, 6.45) is 0.884. The molecule has 1 heterocycles. The summed E-state index contributed by atoms with van der Waals surface area (Å²) < 4.78 is 16.4. The van der Waals surface area contributed by atoms with Gasteiger partial charge in [0, 0.05) is 12.0 Å². The quantitative estimate of drug-likeness (QED) is 0.766. The Labute approximate surface area is 121 Å². The van der Waals surface area contributed by atoms with Crippen molar-refractivity contribution in [2.75, 3.05) is 14.2 Å². The Hall–Kier alpha value is -1.42. The second-order valence-corrected chi connectivity index (χ2v) is 5.04. The Morgan fingerprint density at radius 3 is 2.53 bits per heavy atom. The molecule has 2 aromatic rings. The molecule has 0 N–H and O–H groups in total. The predicted octanol–water partition coefficient (Wildman–Crippen LogP) is 4.34. The molecular weight excluding hydrogens is 308 g/mol. The van der Waals surface area contributed by atoms with Crippen LogP contribution in [0.5, 0.6) is 11.5 Å². The third-order valence-electron chi connectivity index (χ3n) is 2.99. The molecule has 3 nitrogen and oxygen atoms in total. The van der Waals surface area contributed by atoms with Crippen LogP contribution in [0.2, 0.25) is 0 Å². The molecule has 0 saturated carbocycles. The number of halogens is 1. The first kappa shape index (κ1) is 14.0. The van der Waals surface area contributed by atoms with Crippen LogP contribution in [0.25, 0.3) is 0 Å². The maximum atomic E-state index is 5.78. The summed E-state index contributed by atoms with van der Waals surface area (Å²) in [6.45, 7) is 2.07. The average molecular weight is 325 g/mol. The second kappa shape index (κ2) is 6.15. The van der Waals surface area contributed by atoms with Crippen molar-refractivity contribution in [3.63, 3.8) is 0 Å². The highest BCUT2D eigenvalue weighted by Crippen LogP contribution is 2.39. The maximum absolute atomic E-state index is 5.78. The van der Waals surface area contributed by atoms with Crippen LogP contribution in [0.1, 0.15) is 28.8 Å². The molecule has 1 atom stereocenters. The van der Waals surface area contributed by atoms with Crippen LogP contribution in [-0.2, 0) is 6.42 Å². The molecule has 0 amide bonds. The number of ether oxygens (including phenoxy) is 2. The summed E-state index contributed by atoms with van der Waals surface area (Å²) >= 11 is 3.66. The molecule has 1 aromatic carbocycles. The van der Waals surface area contributed by atoms with E-state index in [0.29, 0.717) is 0 Å². The van der Waals surface area contributed by atoms with Crippen LogP contribution in [0.3, 0.4) is 0 Å². The van der Waals surface area contributed by atoms with Gasteiger partial charge < -0.3 is 13.9 Å². The molecule has 0 aliphatic rings. The highest BCUT2D eigenvalue weighted by Gasteiger charge is 2.19. The van der Waals surface area contributed by atoms with E-state index in [1.807, 2.05) is 30.3 Å². The largest absolute Gasteiger partial charge is 0.497 e. The normalized spacial score (nSPS) is 12.2. The number of hydrogen-bond acceptors (Lipinski definition) is 3. The molecule has 2 rings (SSSR count). The van der Waals surface area contributed by atoms with E-state index in [0.717, 1.165) is 35.0 Å². The van der Waals surface area contributed by atoms with Crippen molar-refractivity contribution in [2.24, 2.45) is 0 Å². The minimum atomic E-state index is -0.0575. The number of furan rings is 1. The molecule has 0 spiro atoms. The molecule has 0 aliphatic carbocycles. The van der Waals surface area contributed by atoms with E-state index in [1.54, 1.807) is 14.2 Å². The molecule has 19 heavy (non-hydrogen) atoms. The maximum Gasteiger partial charge on any atom is 0.123 e. The molecule has 4 heteroatoms. The van der Waals surface area contributed by atoms with Crippen molar-refractivity contribution in [3.05, 3.63) is 47.4 Å². The summed E-state index contributed by atoms with van der Waals surface area (Å²) in [6, 6.07) is 9.70. The molecule has 1 aromatic heterocycles. The lowest BCUT2D eigenvalue weighted by atomic mass is 10.1. The van der Waals surface area contributed by atoms with Gasteiger partial charge in [-0.25, -0.2) is 0 Å². The highest BCUT2D eigenvalue weighted by atomic mass is 79.9. The fourth-order valence-electron chi connectivity index (χ4n) is 1.91. The lowest BCUT2D eigenvalue weighted by Crippen LogP contribution is -1.97. The standard InChI is InChI=1S/C15H17BrO3/c1-4-10-5-8-14(19-10)15(16)12-9-11(17-2)6-7-13(12)18-3/h5-9,15H,4H2,1-3H3. The van der Waals surface area contributed by atoms with E-state index in [2.05, 4.69) is 22.9 Å². The second-order valence-electron chi connectivity index (χ2n) is 4.13. The molecule has 0 aliphatic heterocycles. The Bertz CT molecular complexity index is 548. The summed E-state index contributed by atoms with van der Waals surface area (Å²) in [5.74, 6) is 3.43. The summed E-state index contributed by atoms with van der Waals surface area (Å²) in [5.41, 5.74) is 0.985. The van der Waals surface area contributed by atoms with Gasteiger partial charge in [0.05, 0.1) is 14.2 Å². The third kappa shape index (κ3) is 2.95. The number of alkyl halides is 1. The van der Waals surface area contributed by atoms with E-state index in [9.17, 15) is 0 Å². The Kier molecular flexibility index (Phi) is 4.53. The highest BCUT2D eigenvalue weighted by molar-refractivity contribution is 9.09. The van der Waals surface area contributed by atoms with Gasteiger partial charge in [-0.15, -0.1) is 0 Å². The Balaban J connectivity index is 2.38. The van der Waals surface area contributed by atoms with E-state index in [1.165, 1.54) is 0 Å². The molecule has 102 valence electrons. The minimum absolute atomic E-state index is 0.0575. The third-order valence-corrected chi connectivity index (χ3v) is 3.94. The zero-order valence-electron chi connectivity index (χ0n) is 11.3. The fourth-order valence-corrected chi connectivity index (χ4v) is 2.52. The van der Waals surface area contributed by atoms with E-state index < -0.39 is 0 Å². The van der Waals surface area contributed by atoms with Crippen LogP contribution < -0.4 is 9.47 Å². The van der Waals surface area contributed by atoms with Crippen molar-refractivity contribution < 1.29 is 13.9 Å². The van der Waals surface area contributed by atoms with Gasteiger partial charge >= 0.3 is 0 Å². The van der Waals surface area contributed by atoms with Crippen molar-refractivity contribution >= 4 is 15.9 Å². The van der Waals surface area contributed by atoms with Crippen LogP contribution in [0, 0.1) is 0 Å². The molecule has 0 fully saturated rings. The topological polar surface area (TPSA) is 31.6 Å².